The van der Waals surface area contributed by atoms with Crippen molar-refractivity contribution in [3.63, 3.8) is 0 Å². The number of halogens is 3. The second-order valence-corrected chi connectivity index (χ2v) is 7.37. The zero-order valence-corrected chi connectivity index (χ0v) is 11.3. The maximum Gasteiger partial charge on any atom is 0.393 e. The third-order valence-corrected chi connectivity index (χ3v) is 5.57. The van der Waals surface area contributed by atoms with Crippen LogP contribution in [-0.2, 0) is 10.0 Å². The van der Waals surface area contributed by atoms with E-state index in [4.69, 9.17) is 5.73 Å². The zero-order valence-electron chi connectivity index (χ0n) is 10.4. The molecule has 4 nitrogen and oxygen atoms in total. The summed E-state index contributed by atoms with van der Waals surface area (Å²) in [5.74, 6) is -1.62. The maximum atomic E-state index is 12.7. The van der Waals surface area contributed by atoms with Crippen molar-refractivity contribution in [2.45, 2.75) is 44.2 Å². The minimum Gasteiger partial charge on any atom is -0.327 e. The van der Waals surface area contributed by atoms with Gasteiger partial charge >= 0.3 is 6.18 Å². The number of alkyl halides is 3. The van der Waals surface area contributed by atoms with Crippen molar-refractivity contribution in [2.24, 2.45) is 11.7 Å². The Bertz CT molecular complexity index is 381. The predicted octanol–water partition coefficient (Wildman–Crippen LogP) is 1.33. The number of hydrogen-bond acceptors (Lipinski definition) is 3. The zero-order chi connectivity index (χ0) is 14.1. The first-order valence-electron chi connectivity index (χ1n) is 5.88. The van der Waals surface area contributed by atoms with Crippen LogP contribution in [0.1, 0.15) is 26.7 Å². The van der Waals surface area contributed by atoms with Crippen molar-refractivity contribution in [3.8, 4) is 0 Å². The van der Waals surface area contributed by atoms with Gasteiger partial charge in [0.25, 0.3) is 0 Å². The predicted molar refractivity (Wildman–Crippen MR) is 62.4 cm³/mol. The van der Waals surface area contributed by atoms with Gasteiger partial charge in [0.15, 0.2) is 0 Å². The van der Waals surface area contributed by atoms with E-state index in [1.165, 1.54) is 13.8 Å². The molecule has 0 aromatic heterocycles. The minimum absolute atomic E-state index is 0.0378. The van der Waals surface area contributed by atoms with Crippen molar-refractivity contribution in [1.82, 2.24) is 4.31 Å². The Hall–Kier alpha value is -0.340. The Morgan fingerprint density at radius 3 is 2.17 bits per heavy atom. The Kier molecular flexibility index (Phi) is 4.66. The molecule has 2 atom stereocenters. The third-order valence-electron chi connectivity index (χ3n) is 3.29. The molecule has 8 heteroatoms. The maximum absolute atomic E-state index is 12.7. The highest BCUT2D eigenvalue weighted by molar-refractivity contribution is 7.89. The Balaban J connectivity index is 2.84. The van der Waals surface area contributed by atoms with Gasteiger partial charge in [-0.3, -0.25) is 0 Å². The van der Waals surface area contributed by atoms with Gasteiger partial charge in [-0.15, -0.1) is 0 Å². The van der Waals surface area contributed by atoms with Crippen LogP contribution < -0.4 is 5.73 Å². The summed E-state index contributed by atoms with van der Waals surface area (Å²) in [4.78, 5) is 0. The number of rotatable bonds is 2. The quantitative estimate of drug-likeness (QED) is 0.833. The number of nitrogens with two attached hydrogens (primary N) is 1. The second kappa shape index (κ2) is 5.34. The van der Waals surface area contributed by atoms with Crippen LogP contribution in [0.25, 0.3) is 0 Å². The molecule has 0 amide bonds. The van der Waals surface area contributed by atoms with Gasteiger partial charge in [-0.1, -0.05) is 0 Å². The molecule has 2 unspecified atom stereocenters. The lowest BCUT2D eigenvalue weighted by molar-refractivity contribution is -0.180. The van der Waals surface area contributed by atoms with Crippen LogP contribution in [0, 0.1) is 5.92 Å². The van der Waals surface area contributed by atoms with Crippen LogP contribution in [0.2, 0.25) is 0 Å². The lowest BCUT2D eigenvalue weighted by atomic mass is 9.95. The highest BCUT2D eigenvalue weighted by atomic mass is 32.2. The van der Waals surface area contributed by atoms with Crippen LogP contribution in [0.3, 0.4) is 0 Å². The lowest BCUT2D eigenvalue weighted by Gasteiger charge is -2.23. The summed E-state index contributed by atoms with van der Waals surface area (Å²) in [6, 6.07) is -1.03. The molecule has 18 heavy (non-hydrogen) atoms. The van der Waals surface area contributed by atoms with E-state index in [0.717, 1.165) is 4.31 Å². The van der Waals surface area contributed by atoms with Crippen molar-refractivity contribution in [3.05, 3.63) is 0 Å². The van der Waals surface area contributed by atoms with Gasteiger partial charge in [-0.2, -0.15) is 13.2 Å². The van der Waals surface area contributed by atoms with E-state index in [-0.39, 0.29) is 25.9 Å². The smallest absolute Gasteiger partial charge is 0.327 e. The molecule has 0 aliphatic carbocycles. The van der Waals surface area contributed by atoms with Gasteiger partial charge < -0.3 is 5.73 Å². The first kappa shape index (κ1) is 15.7. The third kappa shape index (κ3) is 3.36. The fourth-order valence-corrected chi connectivity index (χ4v) is 3.38. The van der Waals surface area contributed by atoms with Crippen LogP contribution >= 0.6 is 0 Å². The molecule has 0 aromatic carbocycles. The van der Waals surface area contributed by atoms with Crippen molar-refractivity contribution < 1.29 is 21.6 Å². The summed E-state index contributed by atoms with van der Waals surface area (Å²) >= 11 is 0. The standard InChI is InChI=1S/C10H19F3N2O2S/c1-7(2)18(16,17)15-5-3-8(10(11,12)13)9(14)4-6-15/h7-9H,3-6,14H2,1-2H3. The molecule has 1 aliphatic rings. The fourth-order valence-electron chi connectivity index (χ4n) is 2.06. The fraction of sp³-hybridized carbons (Fsp3) is 1.00. The van der Waals surface area contributed by atoms with E-state index in [0.29, 0.717) is 0 Å². The van der Waals surface area contributed by atoms with Crippen LogP contribution in [0.4, 0.5) is 13.2 Å². The molecule has 1 aliphatic heterocycles. The van der Waals surface area contributed by atoms with E-state index >= 15 is 0 Å². The van der Waals surface area contributed by atoms with E-state index in [1.54, 1.807) is 0 Å². The monoisotopic (exact) mass is 288 g/mol. The molecule has 0 aromatic rings. The average Bonchev–Trinajstić information content (AvgIpc) is 2.38. The summed E-state index contributed by atoms with van der Waals surface area (Å²) in [7, 11) is -3.51. The van der Waals surface area contributed by atoms with E-state index in [1.807, 2.05) is 0 Å². The van der Waals surface area contributed by atoms with Gasteiger partial charge in [-0.25, -0.2) is 12.7 Å². The van der Waals surface area contributed by atoms with Crippen molar-refractivity contribution in [1.29, 1.82) is 0 Å². The summed E-state index contributed by atoms with van der Waals surface area (Å²) in [6.07, 6.45) is -4.59. The molecule has 1 rings (SSSR count). The Labute approximate surface area is 105 Å². The minimum atomic E-state index is -4.36. The molecule has 1 fully saturated rings. The SMILES string of the molecule is CC(C)S(=O)(=O)N1CCC(N)C(C(F)(F)F)CC1. The van der Waals surface area contributed by atoms with Gasteiger partial charge in [0.05, 0.1) is 11.2 Å². The highest BCUT2D eigenvalue weighted by Crippen LogP contribution is 2.34. The van der Waals surface area contributed by atoms with Gasteiger partial charge in [0.2, 0.25) is 10.0 Å². The van der Waals surface area contributed by atoms with E-state index in [2.05, 4.69) is 0 Å². The summed E-state index contributed by atoms with van der Waals surface area (Å²) in [5, 5.41) is -0.629. The largest absolute Gasteiger partial charge is 0.393 e. The van der Waals surface area contributed by atoms with Gasteiger partial charge in [0, 0.05) is 19.1 Å². The van der Waals surface area contributed by atoms with E-state index < -0.39 is 33.4 Å². The first-order valence-corrected chi connectivity index (χ1v) is 7.38. The highest BCUT2D eigenvalue weighted by Gasteiger charge is 2.45. The summed E-state index contributed by atoms with van der Waals surface area (Å²) in [5.41, 5.74) is 5.51. The molecule has 0 saturated carbocycles. The molecule has 108 valence electrons. The first-order chi connectivity index (χ1) is 8.06. The topological polar surface area (TPSA) is 63.4 Å². The molecule has 0 bridgehead atoms. The van der Waals surface area contributed by atoms with Crippen molar-refractivity contribution in [2.75, 3.05) is 13.1 Å². The van der Waals surface area contributed by atoms with Gasteiger partial charge in [0.1, 0.15) is 0 Å². The molecule has 0 radical (unpaired) electrons. The molecule has 1 heterocycles. The second-order valence-electron chi connectivity index (χ2n) is 4.88. The number of nitrogens with zero attached hydrogens (tertiary/aromatic N) is 1. The van der Waals surface area contributed by atoms with E-state index in [9.17, 15) is 21.6 Å². The van der Waals surface area contributed by atoms with Gasteiger partial charge in [-0.05, 0) is 26.7 Å². The number of hydrogen-bond donors (Lipinski definition) is 1. The van der Waals surface area contributed by atoms with Crippen molar-refractivity contribution >= 4 is 10.0 Å². The number of sulfonamides is 1. The Morgan fingerprint density at radius 2 is 1.72 bits per heavy atom. The summed E-state index contributed by atoms with van der Waals surface area (Å²) in [6.45, 7) is 2.98. The lowest BCUT2D eigenvalue weighted by Crippen LogP contribution is -2.39. The molecule has 2 N–H and O–H groups in total. The molecule has 1 saturated heterocycles. The molecule has 0 spiro atoms. The van der Waals surface area contributed by atoms with Crippen LogP contribution in [0.15, 0.2) is 0 Å². The molecular weight excluding hydrogens is 269 g/mol. The van der Waals surface area contributed by atoms with Crippen LogP contribution in [0.5, 0.6) is 0 Å². The Morgan fingerprint density at radius 1 is 1.22 bits per heavy atom. The molecular formula is C10H19F3N2O2S. The summed E-state index contributed by atoms with van der Waals surface area (Å²) < 4.78 is 63.1. The normalized spacial score (nSPS) is 28.4. The average molecular weight is 288 g/mol. The van der Waals surface area contributed by atoms with Crippen LogP contribution in [-0.4, -0.2) is 43.3 Å².